The molecule has 4 aromatic rings. The van der Waals surface area contributed by atoms with Crippen molar-refractivity contribution in [1.82, 2.24) is 29.8 Å². The molecule has 146 valence electrons. The highest BCUT2D eigenvalue weighted by molar-refractivity contribution is 5.86. The van der Waals surface area contributed by atoms with Gasteiger partial charge < -0.3 is 5.32 Å². The first-order chi connectivity index (χ1) is 14.1. The number of aromatic nitrogens is 4. The summed E-state index contributed by atoms with van der Waals surface area (Å²) in [5, 5.41) is 8.55. The number of para-hydroxylation sites is 1. The van der Waals surface area contributed by atoms with Crippen molar-refractivity contribution in [2.75, 3.05) is 19.6 Å². The molecule has 0 aliphatic carbocycles. The Kier molecular flexibility index (Phi) is 4.24. The zero-order chi connectivity index (χ0) is 20.0. The van der Waals surface area contributed by atoms with E-state index in [2.05, 4.69) is 46.3 Å². The molecule has 0 saturated carbocycles. The van der Waals surface area contributed by atoms with Crippen molar-refractivity contribution in [2.24, 2.45) is 0 Å². The minimum Gasteiger partial charge on any atom is -0.354 e. The Morgan fingerprint density at radius 3 is 2.90 bits per heavy atom. The number of benzene rings is 1. The van der Waals surface area contributed by atoms with E-state index < -0.39 is 0 Å². The predicted molar refractivity (Wildman–Crippen MR) is 111 cm³/mol. The number of aryl methyl sites for hydroxylation is 1. The molecule has 7 heteroatoms. The number of carbonyl (C=O) groups is 1. The SMILES string of the molecule is Cc1c(CN2CCNC(=O)C2)nc2c(-c3cnc4ccccc4c3)cnn2c1C. The van der Waals surface area contributed by atoms with Gasteiger partial charge in [-0.2, -0.15) is 5.10 Å². The number of nitrogens with one attached hydrogen (secondary N) is 1. The molecule has 0 radical (unpaired) electrons. The maximum Gasteiger partial charge on any atom is 0.234 e. The van der Waals surface area contributed by atoms with E-state index in [0.717, 1.165) is 51.2 Å². The van der Waals surface area contributed by atoms with Crippen molar-refractivity contribution in [3.63, 3.8) is 0 Å². The molecule has 1 N–H and O–H groups in total. The van der Waals surface area contributed by atoms with Gasteiger partial charge in [0.1, 0.15) is 0 Å². The Hall–Kier alpha value is -3.32. The second kappa shape index (κ2) is 6.93. The van der Waals surface area contributed by atoms with Crippen molar-refractivity contribution >= 4 is 22.5 Å². The fourth-order valence-corrected chi connectivity index (χ4v) is 3.89. The van der Waals surface area contributed by atoms with Crippen molar-refractivity contribution in [3.8, 4) is 11.1 Å². The summed E-state index contributed by atoms with van der Waals surface area (Å²) in [6.45, 7) is 6.70. The van der Waals surface area contributed by atoms with Crippen molar-refractivity contribution in [1.29, 1.82) is 0 Å². The maximum absolute atomic E-state index is 11.7. The monoisotopic (exact) mass is 386 g/mol. The molecule has 3 aromatic heterocycles. The molecule has 1 amide bonds. The highest BCUT2D eigenvalue weighted by Gasteiger charge is 2.20. The molecule has 1 aliphatic heterocycles. The molecule has 0 unspecified atom stereocenters. The van der Waals surface area contributed by atoms with E-state index in [-0.39, 0.29) is 5.91 Å². The Bertz CT molecular complexity index is 1250. The predicted octanol–water partition coefficient (Wildman–Crippen LogP) is 2.49. The quantitative estimate of drug-likeness (QED) is 0.586. The minimum absolute atomic E-state index is 0.0685. The number of piperazine rings is 1. The van der Waals surface area contributed by atoms with E-state index in [0.29, 0.717) is 19.6 Å². The summed E-state index contributed by atoms with van der Waals surface area (Å²) in [5.41, 5.74) is 6.90. The highest BCUT2D eigenvalue weighted by Crippen LogP contribution is 2.28. The average Bonchev–Trinajstić information content (AvgIpc) is 3.15. The summed E-state index contributed by atoms with van der Waals surface area (Å²) >= 11 is 0. The number of hydrogen-bond acceptors (Lipinski definition) is 5. The van der Waals surface area contributed by atoms with Gasteiger partial charge >= 0.3 is 0 Å². The third-order valence-electron chi connectivity index (χ3n) is 5.67. The molecule has 5 rings (SSSR count). The van der Waals surface area contributed by atoms with Crippen LogP contribution in [0.3, 0.4) is 0 Å². The maximum atomic E-state index is 11.7. The topological polar surface area (TPSA) is 75.4 Å². The second-order valence-electron chi connectivity index (χ2n) is 7.54. The van der Waals surface area contributed by atoms with E-state index in [9.17, 15) is 4.79 Å². The first kappa shape index (κ1) is 17.8. The average molecular weight is 386 g/mol. The Morgan fingerprint density at radius 2 is 2.03 bits per heavy atom. The lowest BCUT2D eigenvalue weighted by molar-refractivity contribution is -0.124. The smallest absolute Gasteiger partial charge is 0.234 e. The highest BCUT2D eigenvalue weighted by atomic mass is 16.2. The van der Waals surface area contributed by atoms with Crippen LogP contribution in [0.1, 0.15) is 17.0 Å². The summed E-state index contributed by atoms with van der Waals surface area (Å²) in [5.74, 6) is 0.0685. The Morgan fingerprint density at radius 1 is 1.17 bits per heavy atom. The minimum atomic E-state index is 0.0685. The van der Waals surface area contributed by atoms with Gasteiger partial charge in [0.2, 0.25) is 5.91 Å². The molecule has 7 nitrogen and oxygen atoms in total. The molecule has 0 spiro atoms. The number of amides is 1. The summed E-state index contributed by atoms with van der Waals surface area (Å²) in [4.78, 5) is 23.4. The van der Waals surface area contributed by atoms with Crippen LogP contribution in [-0.2, 0) is 11.3 Å². The van der Waals surface area contributed by atoms with Gasteiger partial charge in [-0.05, 0) is 31.5 Å². The standard InChI is InChI=1S/C22H22N6O/c1-14-15(2)28-22(26-20(14)12-27-8-7-23-21(29)13-27)18(11-25-28)17-9-16-5-3-4-6-19(16)24-10-17/h3-6,9-11H,7-8,12-13H2,1-2H3,(H,23,29). The molecule has 4 heterocycles. The normalized spacial score (nSPS) is 15.2. The second-order valence-corrected chi connectivity index (χ2v) is 7.54. The molecule has 1 fully saturated rings. The molecule has 1 aliphatic rings. The number of carbonyl (C=O) groups excluding carboxylic acids is 1. The van der Waals surface area contributed by atoms with Crippen LogP contribution in [0.2, 0.25) is 0 Å². The fourth-order valence-electron chi connectivity index (χ4n) is 3.89. The van der Waals surface area contributed by atoms with Crippen molar-refractivity contribution < 1.29 is 4.79 Å². The van der Waals surface area contributed by atoms with Gasteiger partial charge in [0, 0.05) is 48.0 Å². The van der Waals surface area contributed by atoms with Crippen LogP contribution in [0.15, 0.2) is 42.7 Å². The zero-order valence-corrected chi connectivity index (χ0v) is 16.5. The van der Waals surface area contributed by atoms with Crippen LogP contribution in [0, 0.1) is 13.8 Å². The fraction of sp³-hybridized carbons (Fsp3) is 0.273. The largest absolute Gasteiger partial charge is 0.354 e. The molecule has 1 aromatic carbocycles. The first-order valence-electron chi connectivity index (χ1n) is 9.78. The van der Waals surface area contributed by atoms with E-state index >= 15 is 0 Å². The van der Waals surface area contributed by atoms with Gasteiger partial charge in [0.15, 0.2) is 5.65 Å². The van der Waals surface area contributed by atoms with E-state index in [1.54, 1.807) is 0 Å². The lowest BCUT2D eigenvalue weighted by Gasteiger charge is -2.26. The van der Waals surface area contributed by atoms with Gasteiger partial charge in [-0.15, -0.1) is 0 Å². The summed E-state index contributed by atoms with van der Waals surface area (Å²) < 4.78 is 1.90. The molecule has 0 bridgehead atoms. The number of nitrogens with zero attached hydrogens (tertiary/aromatic N) is 5. The molecular weight excluding hydrogens is 364 g/mol. The van der Waals surface area contributed by atoms with Gasteiger partial charge in [0.05, 0.1) is 24.0 Å². The van der Waals surface area contributed by atoms with E-state index in [1.807, 2.05) is 35.1 Å². The zero-order valence-electron chi connectivity index (χ0n) is 16.5. The summed E-state index contributed by atoms with van der Waals surface area (Å²) in [6.07, 6.45) is 3.74. The van der Waals surface area contributed by atoms with Gasteiger partial charge in [-0.25, -0.2) is 9.50 Å². The number of pyridine rings is 1. The first-order valence-corrected chi connectivity index (χ1v) is 9.78. The van der Waals surface area contributed by atoms with Gasteiger partial charge in [0.25, 0.3) is 0 Å². The third kappa shape index (κ3) is 3.13. The molecular formula is C22H22N6O. The van der Waals surface area contributed by atoms with Gasteiger partial charge in [-0.1, -0.05) is 18.2 Å². The molecule has 0 atom stereocenters. The summed E-state index contributed by atoms with van der Waals surface area (Å²) in [6, 6.07) is 10.2. The van der Waals surface area contributed by atoms with Crippen LogP contribution >= 0.6 is 0 Å². The van der Waals surface area contributed by atoms with Crippen LogP contribution in [-0.4, -0.2) is 50.0 Å². The molecule has 1 saturated heterocycles. The lowest BCUT2D eigenvalue weighted by Crippen LogP contribution is -2.47. The lowest BCUT2D eigenvalue weighted by atomic mass is 10.1. The molecule has 29 heavy (non-hydrogen) atoms. The van der Waals surface area contributed by atoms with E-state index in [4.69, 9.17) is 4.98 Å². The van der Waals surface area contributed by atoms with Crippen LogP contribution < -0.4 is 5.32 Å². The number of hydrogen-bond donors (Lipinski definition) is 1. The van der Waals surface area contributed by atoms with Crippen molar-refractivity contribution in [2.45, 2.75) is 20.4 Å². The Balaban J connectivity index is 1.59. The van der Waals surface area contributed by atoms with Crippen LogP contribution in [0.5, 0.6) is 0 Å². The number of rotatable bonds is 3. The summed E-state index contributed by atoms with van der Waals surface area (Å²) in [7, 11) is 0. The van der Waals surface area contributed by atoms with Crippen LogP contribution in [0.25, 0.3) is 27.7 Å². The number of fused-ring (bicyclic) bond motifs is 2. The Labute approximate surface area is 168 Å². The third-order valence-corrected chi connectivity index (χ3v) is 5.67. The van der Waals surface area contributed by atoms with Gasteiger partial charge in [-0.3, -0.25) is 14.7 Å². The van der Waals surface area contributed by atoms with Crippen LogP contribution in [0.4, 0.5) is 0 Å². The van der Waals surface area contributed by atoms with Crippen molar-refractivity contribution in [3.05, 3.63) is 59.7 Å². The van der Waals surface area contributed by atoms with E-state index in [1.165, 1.54) is 0 Å².